The highest BCUT2D eigenvalue weighted by Gasteiger charge is 2.60. The molecule has 1 N–H and O–H groups in total. The maximum absolute atomic E-state index is 13.9. The first-order valence-corrected chi connectivity index (χ1v) is 11.7. The summed E-state index contributed by atoms with van der Waals surface area (Å²) in [6.07, 6.45) is -17.4. The zero-order valence-corrected chi connectivity index (χ0v) is 20.9. The number of hydrogen-bond acceptors (Lipinski definition) is 4. The number of rotatable bonds is 7. The van der Waals surface area contributed by atoms with Gasteiger partial charge >= 0.3 is 18.5 Å². The number of aryl methyl sites for hydroxylation is 1. The molecule has 214 valence electrons. The second kappa shape index (κ2) is 9.94. The van der Waals surface area contributed by atoms with Crippen molar-refractivity contribution in [1.29, 1.82) is 0 Å². The number of carbonyl (C=O) groups excluding carboxylic acids is 1. The van der Waals surface area contributed by atoms with Crippen LogP contribution in [-0.4, -0.2) is 50.0 Å². The average Bonchev–Trinajstić information content (AvgIpc) is 3.35. The smallest absolute Gasteiger partial charge is 0.410 e. The second-order valence-electron chi connectivity index (χ2n) is 8.76. The maximum atomic E-state index is 13.9. The van der Waals surface area contributed by atoms with Crippen molar-refractivity contribution in [2.45, 2.75) is 49.9 Å². The number of ether oxygens (including phenoxy) is 1. The van der Waals surface area contributed by atoms with E-state index in [2.05, 4.69) is 20.3 Å². The number of alkyl halides is 9. The summed E-state index contributed by atoms with van der Waals surface area (Å²) in [5, 5.41) is 9.85. The van der Waals surface area contributed by atoms with Crippen molar-refractivity contribution in [3.63, 3.8) is 0 Å². The first-order valence-electron chi connectivity index (χ1n) is 10.9. The molecule has 2 heterocycles. The Morgan fingerprint density at radius 1 is 1.15 bits per heavy atom. The lowest BCUT2D eigenvalue weighted by molar-refractivity contribution is -0.306. The quantitative estimate of drug-likeness (QED) is 0.398. The van der Waals surface area contributed by atoms with Gasteiger partial charge in [-0.05, 0) is 30.9 Å². The number of aromatic nitrogens is 4. The summed E-state index contributed by atoms with van der Waals surface area (Å²) in [5.41, 5.74) is -1.65. The zero-order chi connectivity index (χ0) is 29.1. The van der Waals surface area contributed by atoms with Gasteiger partial charge in [0.15, 0.2) is 11.4 Å². The highest BCUT2D eigenvalue weighted by Crippen LogP contribution is 2.44. The summed E-state index contributed by atoms with van der Waals surface area (Å²) >= 11 is 12.4. The van der Waals surface area contributed by atoms with E-state index in [4.69, 9.17) is 23.2 Å². The molecule has 39 heavy (non-hydrogen) atoms. The minimum Gasteiger partial charge on any atom is -0.410 e. The standard InChI is InChI=1S/C21H16Cl2F9N5O2/c1-36-17(14(19(25,26)27)16(35-36)39-21(31,32)18(24)20(28,29)30)37-7-8(6-33-37)10-4-11(13(23)5-12(10)22)15(38)34-9-2-3-9/h5-7,9,11,18H,2-4H2,1H3,(H,34,38). The van der Waals surface area contributed by atoms with Gasteiger partial charge in [0.1, 0.15) is 0 Å². The van der Waals surface area contributed by atoms with E-state index in [0.717, 1.165) is 32.3 Å². The van der Waals surface area contributed by atoms with E-state index in [0.29, 0.717) is 9.36 Å². The number of nitrogens with one attached hydrogen (secondary N) is 1. The van der Waals surface area contributed by atoms with Gasteiger partial charge in [0.05, 0.1) is 12.1 Å². The van der Waals surface area contributed by atoms with Crippen LogP contribution in [0.4, 0.5) is 39.5 Å². The van der Waals surface area contributed by atoms with Crippen LogP contribution in [0.15, 0.2) is 28.5 Å². The lowest BCUT2D eigenvalue weighted by atomic mass is 9.90. The van der Waals surface area contributed by atoms with Gasteiger partial charge in [0.25, 0.3) is 12.1 Å². The number of amides is 1. The first kappa shape index (κ1) is 29.1. The molecule has 4 rings (SSSR count). The number of hydrogen-bond donors (Lipinski definition) is 1. The molecule has 0 bridgehead atoms. The molecule has 0 spiro atoms. The second-order valence-corrected chi connectivity index (χ2v) is 9.61. The number of allylic oxidation sites excluding steroid dienone is 3. The maximum Gasteiger partial charge on any atom is 0.440 e. The number of carbonyl (C=O) groups is 1. The molecule has 18 heteroatoms. The van der Waals surface area contributed by atoms with E-state index in [9.17, 15) is 44.3 Å². The van der Waals surface area contributed by atoms with Crippen LogP contribution >= 0.6 is 23.2 Å². The molecule has 2 atom stereocenters. The fourth-order valence-corrected chi connectivity index (χ4v) is 4.40. The van der Waals surface area contributed by atoms with Crippen molar-refractivity contribution < 1.29 is 49.0 Å². The molecule has 7 nitrogen and oxygen atoms in total. The number of halogens is 11. The fourth-order valence-electron chi connectivity index (χ4n) is 3.75. The van der Waals surface area contributed by atoms with Crippen LogP contribution in [0.3, 0.4) is 0 Å². The predicted molar refractivity (Wildman–Crippen MR) is 118 cm³/mol. The molecule has 0 aliphatic heterocycles. The van der Waals surface area contributed by atoms with Gasteiger partial charge in [-0.1, -0.05) is 23.2 Å². The van der Waals surface area contributed by atoms with E-state index in [1.807, 2.05) is 0 Å². The molecule has 2 aromatic rings. The Balaban J connectivity index is 1.70. The highest BCUT2D eigenvalue weighted by molar-refractivity contribution is 6.38. The summed E-state index contributed by atoms with van der Waals surface area (Å²) in [4.78, 5) is 12.6. The predicted octanol–water partition coefficient (Wildman–Crippen LogP) is 5.87. The van der Waals surface area contributed by atoms with Crippen molar-refractivity contribution >= 4 is 34.7 Å². The molecule has 2 aliphatic rings. The van der Waals surface area contributed by atoms with Crippen molar-refractivity contribution in [1.82, 2.24) is 24.9 Å². The van der Waals surface area contributed by atoms with Crippen LogP contribution in [0.25, 0.3) is 11.4 Å². The van der Waals surface area contributed by atoms with Gasteiger partial charge in [-0.25, -0.2) is 13.8 Å². The Morgan fingerprint density at radius 2 is 1.79 bits per heavy atom. The Morgan fingerprint density at radius 3 is 2.36 bits per heavy atom. The summed E-state index contributed by atoms with van der Waals surface area (Å²) in [6.45, 7) is 0. The normalized spacial score (nSPS) is 19.7. The Bertz CT molecular complexity index is 1340. The van der Waals surface area contributed by atoms with Crippen molar-refractivity contribution in [2.24, 2.45) is 13.0 Å². The Kier molecular flexibility index (Phi) is 7.42. The minimum absolute atomic E-state index is 0.0211. The molecule has 2 aliphatic carbocycles. The Labute approximate surface area is 223 Å². The fraction of sp³-hybridized carbons (Fsp3) is 0.476. The third-order valence-electron chi connectivity index (χ3n) is 5.77. The molecule has 0 aromatic carbocycles. The van der Waals surface area contributed by atoms with Gasteiger partial charge in [0, 0.05) is 34.9 Å². The third-order valence-corrected chi connectivity index (χ3v) is 6.48. The van der Waals surface area contributed by atoms with E-state index in [1.54, 1.807) is 0 Å². The Hall–Kier alpha value is -2.88. The van der Waals surface area contributed by atoms with E-state index < -0.39 is 47.8 Å². The van der Waals surface area contributed by atoms with Gasteiger partial charge in [-0.2, -0.15) is 40.2 Å². The monoisotopic (exact) mass is 611 g/mol. The van der Waals surface area contributed by atoms with Gasteiger partial charge < -0.3 is 10.1 Å². The van der Waals surface area contributed by atoms with Crippen LogP contribution in [0.1, 0.15) is 30.4 Å². The molecule has 1 amide bonds. The van der Waals surface area contributed by atoms with E-state index in [1.165, 1.54) is 6.08 Å². The topological polar surface area (TPSA) is 74.0 Å². The van der Waals surface area contributed by atoms with Gasteiger partial charge in [-0.15, -0.1) is 5.10 Å². The minimum atomic E-state index is -6.13. The van der Waals surface area contributed by atoms with E-state index >= 15 is 0 Å². The van der Waals surface area contributed by atoms with Crippen LogP contribution < -0.4 is 10.1 Å². The summed E-state index contributed by atoms with van der Waals surface area (Å²) in [7, 11) is 0.848. The lowest BCUT2D eigenvalue weighted by Gasteiger charge is -2.22. The third kappa shape index (κ3) is 6.00. The van der Waals surface area contributed by atoms with Crippen molar-refractivity contribution in [2.75, 3.05) is 0 Å². The van der Waals surface area contributed by atoms with Crippen LogP contribution in [0.5, 0.6) is 5.88 Å². The average molecular weight is 612 g/mol. The van der Waals surface area contributed by atoms with Crippen LogP contribution in [0.2, 0.25) is 0 Å². The van der Waals surface area contributed by atoms with Gasteiger partial charge in [0.2, 0.25) is 5.91 Å². The summed E-state index contributed by atoms with van der Waals surface area (Å²) < 4.78 is 124. The molecule has 1 fully saturated rings. The van der Waals surface area contributed by atoms with Crippen LogP contribution in [0, 0.1) is 5.92 Å². The molecular formula is C21H16Cl2F9N5O2. The summed E-state index contributed by atoms with van der Waals surface area (Å²) in [5.74, 6) is -4.27. The molecule has 0 saturated heterocycles. The summed E-state index contributed by atoms with van der Waals surface area (Å²) in [6, 6.07) is 0.0211. The molecule has 2 aromatic heterocycles. The SMILES string of the molecule is Cn1nc(OC(F)(F)C(F)C(F)(F)F)c(C(F)(F)F)c1-n1cc(C2=C(Cl)C=C(Cl)C(C(=O)NC3CC3)C2)cn1. The molecule has 1 saturated carbocycles. The zero-order valence-electron chi connectivity index (χ0n) is 19.3. The highest BCUT2D eigenvalue weighted by atomic mass is 35.5. The molecular weight excluding hydrogens is 596 g/mol. The van der Waals surface area contributed by atoms with E-state index in [-0.39, 0.29) is 39.6 Å². The molecule has 0 radical (unpaired) electrons. The van der Waals surface area contributed by atoms with Gasteiger partial charge in [-0.3, -0.25) is 4.79 Å². The van der Waals surface area contributed by atoms with Crippen molar-refractivity contribution in [3.8, 4) is 11.7 Å². The largest absolute Gasteiger partial charge is 0.440 e. The lowest BCUT2D eigenvalue weighted by Crippen LogP contribution is -2.46. The molecule has 2 unspecified atom stereocenters. The van der Waals surface area contributed by atoms with Crippen LogP contribution in [-0.2, 0) is 18.0 Å². The van der Waals surface area contributed by atoms with Crippen molar-refractivity contribution in [3.05, 3.63) is 39.7 Å². The number of nitrogens with zero attached hydrogens (tertiary/aromatic N) is 4. The first-order chi connectivity index (χ1) is 17.9.